The lowest BCUT2D eigenvalue weighted by Gasteiger charge is -2.30. The first-order valence-electron chi connectivity index (χ1n) is 6.18. The highest BCUT2D eigenvalue weighted by molar-refractivity contribution is 5.60. The zero-order valence-corrected chi connectivity index (χ0v) is 9.87. The van der Waals surface area contributed by atoms with Gasteiger partial charge in [0, 0.05) is 24.0 Å². The molecule has 2 bridgehead atoms. The number of nitrogens with zero attached hydrogens (tertiary/aromatic N) is 1. The summed E-state index contributed by atoms with van der Waals surface area (Å²) in [7, 11) is 0. The molecule has 0 aromatic heterocycles. The Bertz CT molecular complexity index is 470. The second-order valence-corrected chi connectivity index (χ2v) is 5.25. The molecule has 2 atom stereocenters. The van der Waals surface area contributed by atoms with Crippen LogP contribution in [0.3, 0.4) is 0 Å². The van der Waals surface area contributed by atoms with Gasteiger partial charge in [-0.3, -0.25) is 0 Å². The number of benzene rings is 1. The number of fused-ring (bicyclic) bond motifs is 2. The van der Waals surface area contributed by atoms with E-state index in [1.54, 1.807) is 6.07 Å². The Hall–Kier alpha value is -1.39. The largest absolute Gasteiger partial charge is 0.418 e. The summed E-state index contributed by atoms with van der Waals surface area (Å²) >= 11 is 0. The van der Waals surface area contributed by atoms with Crippen molar-refractivity contribution in [3.63, 3.8) is 0 Å². The van der Waals surface area contributed by atoms with Crippen LogP contribution in [-0.2, 0) is 6.18 Å². The molecule has 1 aromatic carbocycles. The Labute approximate surface area is 104 Å². The minimum atomic E-state index is -4.38. The highest BCUT2D eigenvalue weighted by Gasteiger charge is 2.39. The molecule has 5 heteroatoms. The van der Waals surface area contributed by atoms with Gasteiger partial charge in [0.2, 0.25) is 0 Å². The normalized spacial score (nSPS) is 26.9. The molecule has 1 heterocycles. The molecule has 18 heavy (non-hydrogen) atoms. The monoisotopic (exact) mass is 256 g/mol. The third kappa shape index (κ3) is 1.82. The van der Waals surface area contributed by atoms with Crippen molar-refractivity contribution >= 4 is 11.4 Å². The van der Waals surface area contributed by atoms with Crippen LogP contribution in [-0.4, -0.2) is 12.6 Å². The fourth-order valence-electron chi connectivity index (χ4n) is 3.21. The van der Waals surface area contributed by atoms with Gasteiger partial charge in [0.05, 0.1) is 5.56 Å². The van der Waals surface area contributed by atoms with Crippen molar-refractivity contribution < 1.29 is 13.2 Å². The average molecular weight is 256 g/mol. The number of nitrogen functional groups attached to an aromatic ring is 1. The van der Waals surface area contributed by atoms with Crippen molar-refractivity contribution in [3.8, 4) is 0 Å². The van der Waals surface area contributed by atoms with E-state index in [1.807, 2.05) is 0 Å². The summed E-state index contributed by atoms with van der Waals surface area (Å²) in [5.41, 5.74) is 5.15. The number of alkyl halides is 3. The van der Waals surface area contributed by atoms with Gasteiger partial charge in [-0.15, -0.1) is 0 Å². The predicted octanol–water partition coefficient (Wildman–Crippen LogP) is 3.28. The second kappa shape index (κ2) is 3.80. The molecule has 0 spiro atoms. The number of hydrogen-bond donors (Lipinski definition) is 1. The number of piperidine rings is 1. The molecule has 2 fully saturated rings. The summed E-state index contributed by atoms with van der Waals surface area (Å²) in [6.07, 6.45) is -0.955. The van der Waals surface area contributed by atoms with Gasteiger partial charge >= 0.3 is 6.18 Å². The van der Waals surface area contributed by atoms with Gasteiger partial charge in [-0.2, -0.15) is 13.2 Å². The average Bonchev–Trinajstić information content (AvgIpc) is 2.89. The first-order chi connectivity index (χ1) is 8.45. The molecule has 3 rings (SSSR count). The summed E-state index contributed by atoms with van der Waals surface area (Å²) in [5.74, 6) is 0.655. The van der Waals surface area contributed by atoms with E-state index in [0.29, 0.717) is 17.6 Å². The van der Waals surface area contributed by atoms with Crippen LogP contribution < -0.4 is 10.6 Å². The number of nitrogens with two attached hydrogens (primary N) is 1. The Morgan fingerprint density at radius 2 is 2.00 bits per heavy atom. The highest BCUT2D eigenvalue weighted by atomic mass is 19.4. The maximum Gasteiger partial charge on any atom is 0.418 e. The fourth-order valence-corrected chi connectivity index (χ4v) is 3.21. The standard InChI is InChI=1S/C13H15F3N2/c14-13(15,16)11-6-10(3-4-12(11)17)18-7-8-1-2-9(18)5-8/h3-4,6,8-9H,1-2,5,7,17H2. The van der Waals surface area contributed by atoms with E-state index in [9.17, 15) is 13.2 Å². The zero-order chi connectivity index (χ0) is 12.9. The topological polar surface area (TPSA) is 29.3 Å². The van der Waals surface area contributed by atoms with E-state index in [2.05, 4.69) is 4.90 Å². The van der Waals surface area contributed by atoms with Gasteiger partial charge in [-0.05, 0) is 43.4 Å². The molecule has 2 aliphatic rings. The van der Waals surface area contributed by atoms with Gasteiger partial charge in [-0.25, -0.2) is 0 Å². The molecule has 1 aliphatic carbocycles. The molecule has 1 saturated heterocycles. The van der Waals surface area contributed by atoms with Gasteiger partial charge in [-0.1, -0.05) is 0 Å². The molecule has 0 radical (unpaired) electrons. The van der Waals surface area contributed by atoms with Crippen LogP contribution in [0.2, 0.25) is 0 Å². The maximum atomic E-state index is 12.8. The van der Waals surface area contributed by atoms with Crippen molar-refractivity contribution in [3.05, 3.63) is 23.8 Å². The number of anilines is 2. The van der Waals surface area contributed by atoms with E-state index in [0.717, 1.165) is 19.4 Å². The van der Waals surface area contributed by atoms with Crippen LogP contribution in [0.4, 0.5) is 24.5 Å². The van der Waals surface area contributed by atoms with Crippen molar-refractivity contribution in [1.29, 1.82) is 0 Å². The minimum absolute atomic E-state index is 0.199. The predicted molar refractivity (Wildman–Crippen MR) is 64.3 cm³/mol. The molecule has 2 N–H and O–H groups in total. The molecular formula is C13H15F3N2. The van der Waals surface area contributed by atoms with E-state index in [-0.39, 0.29) is 5.69 Å². The van der Waals surface area contributed by atoms with Crippen molar-refractivity contribution in [2.45, 2.75) is 31.5 Å². The van der Waals surface area contributed by atoms with E-state index < -0.39 is 11.7 Å². The summed E-state index contributed by atoms with van der Waals surface area (Å²) in [6, 6.07) is 4.67. The van der Waals surface area contributed by atoms with Crippen molar-refractivity contribution in [2.24, 2.45) is 5.92 Å². The smallest absolute Gasteiger partial charge is 0.398 e. The zero-order valence-electron chi connectivity index (χ0n) is 9.87. The van der Waals surface area contributed by atoms with Gasteiger partial charge in [0.25, 0.3) is 0 Å². The minimum Gasteiger partial charge on any atom is -0.398 e. The highest BCUT2D eigenvalue weighted by Crippen LogP contribution is 2.42. The van der Waals surface area contributed by atoms with Gasteiger partial charge in [0.1, 0.15) is 0 Å². The quantitative estimate of drug-likeness (QED) is 0.781. The maximum absolute atomic E-state index is 12.8. The van der Waals surface area contributed by atoms with Gasteiger partial charge in [0.15, 0.2) is 0 Å². The van der Waals surface area contributed by atoms with E-state index in [4.69, 9.17) is 5.73 Å². The second-order valence-electron chi connectivity index (χ2n) is 5.25. The number of rotatable bonds is 1. The van der Waals surface area contributed by atoms with Crippen molar-refractivity contribution in [2.75, 3.05) is 17.2 Å². The molecule has 2 unspecified atom stereocenters. The Morgan fingerprint density at radius 3 is 2.56 bits per heavy atom. The van der Waals surface area contributed by atoms with Gasteiger partial charge < -0.3 is 10.6 Å². The summed E-state index contributed by atoms with van der Waals surface area (Å²) in [4.78, 5) is 2.10. The first-order valence-corrected chi connectivity index (χ1v) is 6.18. The van der Waals surface area contributed by atoms with Crippen molar-refractivity contribution in [1.82, 2.24) is 0 Å². The third-order valence-corrected chi connectivity index (χ3v) is 4.08. The Kier molecular flexibility index (Phi) is 2.47. The van der Waals surface area contributed by atoms with Crippen LogP contribution in [0.1, 0.15) is 24.8 Å². The first kappa shape index (κ1) is 11.7. The third-order valence-electron chi connectivity index (χ3n) is 4.08. The lowest BCUT2D eigenvalue weighted by atomic mass is 10.1. The molecule has 0 amide bonds. The lowest BCUT2D eigenvalue weighted by Crippen LogP contribution is -2.32. The van der Waals surface area contributed by atoms with Crippen LogP contribution in [0.15, 0.2) is 18.2 Å². The number of hydrogen-bond acceptors (Lipinski definition) is 2. The fraction of sp³-hybridized carbons (Fsp3) is 0.538. The molecule has 1 aromatic rings. The molecule has 98 valence electrons. The van der Waals surface area contributed by atoms with Crippen LogP contribution in [0.5, 0.6) is 0 Å². The Morgan fingerprint density at radius 1 is 1.22 bits per heavy atom. The summed E-state index contributed by atoms with van der Waals surface area (Å²) < 4.78 is 38.4. The SMILES string of the molecule is Nc1ccc(N2CC3CCC2C3)cc1C(F)(F)F. The van der Waals surface area contributed by atoms with E-state index >= 15 is 0 Å². The Balaban J connectivity index is 1.94. The van der Waals surface area contributed by atoms with Crippen LogP contribution in [0, 0.1) is 5.92 Å². The lowest BCUT2D eigenvalue weighted by molar-refractivity contribution is -0.136. The van der Waals surface area contributed by atoms with Crippen LogP contribution in [0.25, 0.3) is 0 Å². The molecule has 1 saturated carbocycles. The number of halogens is 3. The molecule has 2 nitrogen and oxygen atoms in total. The summed E-state index contributed by atoms with van der Waals surface area (Å²) in [6.45, 7) is 0.881. The molecular weight excluding hydrogens is 241 g/mol. The molecule has 1 aliphatic heterocycles. The summed E-state index contributed by atoms with van der Waals surface area (Å²) in [5, 5.41) is 0. The van der Waals surface area contributed by atoms with E-state index in [1.165, 1.54) is 18.6 Å². The van der Waals surface area contributed by atoms with Crippen LogP contribution >= 0.6 is 0 Å².